The summed E-state index contributed by atoms with van der Waals surface area (Å²) in [7, 11) is 0. The zero-order chi connectivity index (χ0) is 20.7. The molecule has 3 heterocycles. The Labute approximate surface area is 169 Å². The lowest BCUT2D eigenvalue weighted by Gasteiger charge is -2.09. The summed E-state index contributed by atoms with van der Waals surface area (Å²) < 4.78 is 12.4. The first-order chi connectivity index (χ1) is 14.6. The number of imidazole rings is 1. The standard InChI is InChI=1S/C20H15N7O3/c21-11-2-1-3-14(8-11)29-17-9-16-15(10-23-17)24-20(18-19(22)26-30-25-18)27(16)12-4-6-13(28)7-5-12/h1-10,28H,21H2,(H2,22,26). The maximum atomic E-state index is 9.67. The molecular weight excluding hydrogens is 386 g/mol. The number of fused-ring (bicyclic) bond motifs is 1. The van der Waals surface area contributed by atoms with Crippen LogP contribution in [0.1, 0.15) is 0 Å². The van der Waals surface area contributed by atoms with Crippen molar-refractivity contribution in [1.82, 2.24) is 24.8 Å². The molecule has 5 rings (SSSR count). The van der Waals surface area contributed by atoms with Crippen molar-refractivity contribution < 1.29 is 14.5 Å². The Morgan fingerprint density at radius 2 is 1.83 bits per heavy atom. The topological polar surface area (TPSA) is 151 Å². The Morgan fingerprint density at radius 1 is 1.00 bits per heavy atom. The largest absolute Gasteiger partial charge is 0.508 e. The van der Waals surface area contributed by atoms with Crippen LogP contribution in [0.5, 0.6) is 17.4 Å². The van der Waals surface area contributed by atoms with Crippen LogP contribution in [-0.4, -0.2) is 30.0 Å². The lowest BCUT2D eigenvalue weighted by Crippen LogP contribution is -2.00. The molecule has 30 heavy (non-hydrogen) atoms. The summed E-state index contributed by atoms with van der Waals surface area (Å²) in [5, 5.41) is 17.2. The number of anilines is 2. The number of aromatic nitrogens is 5. The molecule has 5 N–H and O–H groups in total. The van der Waals surface area contributed by atoms with E-state index in [9.17, 15) is 5.11 Å². The fourth-order valence-corrected chi connectivity index (χ4v) is 3.09. The number of pyridine rings is 1. The zero-order valence-corrected chi connectivity index (χ0v) is 15.4. The number of ether oxygens (including phenoxy) is 1. The summed E-state index contributed by atoms with van der Waals surface area (Å²) in [6, 6.07) is 15.4. The van der Waals surface area contributed by atoms with Gasteiger partial charge >= 0.3 is 0 Å². The van der Waals surface area contributed by atoms with E-state index in [1.807, 2.05) is 0 Å². The predicted octanol–water partition coefficient (Wildman–Crippen LogP) is 3.13. The number of nitrogen functional groups attached to an aromatic ring is 2. The van der Waals surface area contributed by atoms with Gasteiger partial charge in [-0.25, -0.2) is 14.6 Å². The van der Waals surface area contributed by atoms with E-state index in [4.69, 9.17) is 20.8 Å². The van der Waals surface area contributed by atoms with E-state index < -0.39 is 0 Å². The van der Waals surface area contributed by atoms with Crippen molar-refractivity contribution in [3.05, 3.63) is 60.8 Å². The Hall–Kier alpha value is -4.60. The summed E-state index contributed by atoms with van der Waals surface area (Å²) in [5.74, 6) is 1.57. The summed E-state index contributed by atoms with van der Waals surface area (Å²) in [5.41, 5.74) is 14.6. The summed E-state index contributed by atoms with van der Waals surface area (Å²) in [6.07, 6.45) is 1.58. The summed E-state index contributed by atoms with van der Waals surface area (Å²) in [4.78, 5) is 8.93. The molecule has 0 atom stereocenters. The lowest BCUT2D eigenvalue weighted by molar-refractivity contribution is 0.310. The van der Waals surface area contributed by atoms with Gasteiger partial charge < -0.3 is 21.3 Å². The normalized spacial score (nSPS) is 11.1. The van der Waals surface area contributed by atoms with Gasteiger partial charge in [-0.3, -0.25) is 4.57 Å². The van der Waals surface area contributed by atoms with Crippen LogP contribution in [0.25, 0.3) is 28.2 Å². The minimum atomic E-state index is 0.106. The average molecular weight is 401 g/mol. The first-order valence-corrected chi connectivity index (χ1v) is 8.88. The Balaban J connectivity index is 1.69. The Kier molecular flexibility index (Phi) is 3.95. The third kappa shape index (κ3) is 3.02. The van der Waals surface area contributed by atoms with Crippen molar-refractivity contribution in [3.63, 3.8) is 0 Å². The lowest BCUT2D eigenvalue weighted by atomic mass is 10.2. The second kappa shape index (κ2) is 6.78. The van der Waals surface area contributed by atoms with Crippen LogP contribution >= 0.6 is 0 Å². The number of hydrogen-bond donors (Lipinski definition) is 3. The molecule has 0 saturated carbocycles. The Morgan fingerprint density at radius 3 is 2.57 bits per heavy atom. The number of phenolic OH excluding ortho intramolecular Hbond substituents is 1. The molecule has 0 saturated heterocycles. The third-order valence-electron chi connectivity index (χ3n) is 4.43. The SMILES string of the molecule is Nc1cccc(Oc2cc3c(cn2)nc(-c2nonc2N)n3-c2ccc(O)cc2)c1. The second-order valence-corrected chi connectivity index (χ2v) is 6.47. The molecule has 0 unspecified atom stereocenters. The molecule has 0 radical (unpaired) electrons. The second-order valence-electron chi connectivity index (χ2n) is 6.47. The first-order valence-electron chi connectivity index (χ1n) is 8.88. The maximum absolute atomic E-state index is 9.67. The number of aromatic hydroxyl groups is 1. The van der Waals surface area contributed by atoms with Gasteiger partial charge in [-0.1, -0.05) is 6.07 Å². The molecule has 0 amide bonds. The molecule has 0 aliphatic heterocycles. The maximum Gasteiger partial charge on any atom is 0.221 e. The molecule has 0 fully saturated rings. The number of hydrogen-bond acceptors (Lipinski definition) is 9. The molecule has 0 spiro atoms. The molecule has 5 aromatic rings. The van der Waals surface area contributed by atoms with Gasteiger partial charge in [-0.15, -0.1) is 0 Å². The van der Waals surface area contributed by atoms with Gasteiger partial charge in [-0.05, 0) is 46.7 Å². The van der Waals surface area contributed by atoms with Gasteiger partial charge in [0.15, 0.2) is 17.3 Å². The monoisotopic (exact) mass is 401 g/mol. The highest BCUT2D eigenvalue weighted by atomic mass is 16.6. The summed E-state index contributed by atoms with van der Waals surface area (Å²) in [6.45, 7) is 0. The van der Waals surface area contributed by atoms with Crippen LogP contribution in [0.3, 0.4) is 0 Å². The fraction of sp³-hybridized carbons (Fsp3) is 0. The van der Waals surface area contributed by atoms with Crippen LogP contribution < -0.4 is 16.2 Å². The van der Waals surface area contributed by atoms with Crippen molar-refractivity contribution >= 4 is 22.5 Å². The van der Waals surface area contributed by atoms with Crippen molar-refractivity contribution in [2.45, 2.75) is 0 Å². The van der Waals surface area contributed by atoms with Gasteiger partial charge in [0.1, 0.15) is 17.0 Å². The van der Waals surface area contributed by atoms with Gasteiger partial charge in [0.2, 0.25) is 5.88 Å². The van der Waals surface area contributed by atoms with E-state index in [1.165, 1.54) is 0 Å². The van der Waals surface area contributed by atoms with Crippen LogP contribution in [0.2, 0.25) is 0 Å². The van der Waals surface area contributed by atoms with Crippen molar-refractivity contribution in [1.29, 1.82) is 0 Å². The molecule has 10 heteroatoms. The molecule has 10 nitrogen and oxygen atoms in total. The van der Waals surface area contributed by atoms with Crippen LogP contribution in [0.4, 0.5) is 11.5 Å². The minimum absolute atomic E-state index is 0.106. The summed E-state index contributed by atoms with van der Waals surface area (Å²) >= 11 is 0. The Bertz CT molecular complexity index is 1360. The number of benzene rings is 2. The van der Waals surface area contributed by atoms with Crippen LogP contribution in [-0.2, 0) is 0 Å². The fourth-order valence-electron chi connectivity index (χ4n) is 3.09. The van der Waals surface area contributed by atoms with Crippen molar-refractivity contribution in [2.75, 3.05) is 11.5 Å². The van der Waals surface area contributed by atoms with Gasteiger partial charge in [0.25, 0.3) is 0 Å². The molecular formula is C20H15N7O3. The van der Waals surface area contributed by atoms with Gasteiger partial charge in [0.05, 0.1) is 11.7 Å². The number of phenols is 1. The molecule has 0 bridgehead atoms. The van der Waals surface area contributed by atoms with Crippen molar-refractivity contribution in [3.8, 4) is 34.6 Å². The predicted molar refractivity (Wildman–Crippen MR) is 109 cm³/mol. The molecule has 0 aliphatic carbocycles. The van der Waals surface area contributed by atoms with Gasteiger partial charge in [0, 0.05) is 23.5 Å². The molecule has 0 aliphatic rings. The van der Waals surface area contributed by atoms with Crippen molar-refractivity contribution in [2.24, 2.45) is 0 Å². The quantitative estimate of drug-likeness (QED) is 0.386. The third-order valence-corrected chi connectivity index (χ3v) is 4.43. The molecule has 2 aromatic carbocycles. The van der Waals surface area contributed by atoms with E-state index in [1.54, 1.807) is 65.4 Å². The van der Waals surface area contributed by atoms with Crippen LogP contribution in [0.15, 0.2) is 65.4 Å². The smallest absolute Gasteiger partial charge is 0.221 e. The number of rotatable bonds is 4. The number of nitrogens with two attached hydrogens (primary N) is 2. The zero-order valence-electron chi connectivity index (χ0n) is 15.4. The van der Waals surface area contributed by atoms with E-state index in [-0.39, 0.29) is 17.3 Å². The molecule has 3 aromatic heterocycles. The van der Waals surface area contributed by atoms with E-state index >= 15 is 0 Å². The first kappa shape index (κ1) is 17.5. The van der Waals surface area contributed by atoms with E-state index in [2.05, 4.69) is 20.3 Å². The highest BCUT2D eigenvalue weighted by Gasteiger charge is 2.21. The molecule has 148 valence electrons. The number of nitrogens with zero attached hydrogens (tertiary/aromatic N) is 5. The highest BCUT2D eigenvalue weighted by molar-refractivity contribution is 5.84. The van der Waals surface area contributed by atoms with E-state index in [0.29, 0.717) is 39.9 Å². The highest BCUT2D eigenvalue weighted by Crippen LogP contribution is 2.32. The minimum Gasteiger partial charge on any atom is -0.508 e. The van der Waals surface area contributed by atoms with Gasteiger partial charge in [-0.2, -0.15) is 0 Å². The average Bonchev–Trinajstić information content (AvgIpc) is 3.31. The van der Waals surface area contributed by atoms with E-state index in [0.717, 1.165) is 0 Å². The van der Waals surface area contributed by atoms with Crippen LogP contribution in [0, 0.1) is 0 Å².